The predicted octanol–water partition coefficient (Wildman–Crippen LogP) is 4.60. The van der Waals surface area contributed by atoms with Crippen LogP contribution in [0.25, 0.3) is 11.0 Å². The van der Waals surface area contributed by atoms with Gasteiger partial charge in [-0.15, -0.1) is 24.8 Å². The third-order valence-corrected chi connectivity index (χ3v) is 5.21. The topological polar surface area (TPSA) is 59.0 Å². The van der Waals surface area contributed by atoms with Crippen molar-refractivity contribution in [2.45, 2.75) is 45.8 Å². The second-order valence-electron chi connectivity index (χ2n) is 7.84. The van der Waals surface area contributed by atoms with E-state index in [0.717, 1.165) is 30.5 Å². The Bertz CT molecular complexity index is 846. The Hall–Kier alpha value is -1.51. The number of carbonyl (C=O) groups is 1. The van der Waals surface area contributed by atoms with Crippen LogP contribution in [0, 0.1) is 5.41 Å². The first-order chi connectivity index (χ1) is 12.6. The highest BCUT2D eigenvalue weighted by Gasteiger charge is 2.38. The van der Waals surface area contributed by atoms with Crippen LogP contribution in [0.5, 0.6) is 0 Å². The van der Waals surface area contributed by atoms with Gasteiger partial charge in [-0.2, -0.15) is 13.2 Å². The van der Waals surface area contributed by atoms with Crippen LogP contribution in [0.2, 0.25) is 0 Å². The lowest BCUT2D eigenvalue weighted by Gasteiger charge is -2.34. The zero-order chi connectivity index (χ0) is 19.8. The number of alkyl halides is 3. The zero-order valence-corrected chi connectivity index (χ0v) is 18.2. The normalized spacial score (nSPS) is 16.2. The van der Waals surface area contributed by atoms with Crippen molar-refractivity contribution in [3.05, 3.63) is 29.6 Å². The van der Waals surface area contributed by atoms with Gasteiger partial charge in [-0.3, -0.25) is 4.79 Å². The summed E-state index contributed by atoms with van der Waals surface area (Å²) in [4.78, 5) is 16.3. The molecule has 0 unspecified atom stereocenters. The average Bonchev–Trinajstić information content (AvgIpc) is 2.99. The van der Waals surface area contributed by atoms with E-state index >= 15 is 0 Å². The second-order valence-corrected chi connectivity index (χ2v) is 7.84. The Balaban J connectivity index is 0.00000210. The molecule has 0 atom stereocenters. The van der Waals surface area contributed by atoms with Gasteiger partial charge >= 0.3 is 6.18 Å². The molecule has 0 saturated carbocycles. The van der Waals surface area contributed by atoms with Gasteiger partial charge in [-0.05, 0) is 63.4 Å². The molecule has 2 aromatic rings. The molecule has 164 valence electrons. The van der Waals surface area contributed by atoms with Gasteiger partial charge in [-0.1, -0.05) is 6.92 Å². The Morgan fingerprint density at radius 3 is 2.45 bits per heavy atom. The number of imidazole rings is 1. The monoisotopic (exact) mass is 454 g/mol. The van der Waals surface area contributed by atoms with E-state index in [0.29, 0.717) is 17.6 Å². The largest absolute Gasteiger partial charge is 0.449 e. The van der Waals surface area contributed by atoms with Crippen LogP contribution in [-0.2, 0) is 6.18 Å². The lowest BCUT2D eigenvalue weighted by Crippen LogP contribution is -2.42. The minimum absolute atomic E-state index is 0. The molecule has 0 spiro atoms. The fourth-order valence-corrected chi connectivity index (χ4v) is 3.57. The Kier molecular flexibility index (Phi) is 8.39. The average molecular weight is 455 g/mol. The van der Waals surface area contributed by atoms with Gasteiger partial charge in [0.05, 0.1) is 11.0 Å². The molecule has 2 heterocycles. The van der Waals surface area contributed by atoms with Crippen molar-refractivity contribution in [2.75, 3.05) is 19.6 Å². The van der Waals surface area contributed by atoms with Crippen molar-refractivity contribution >= 4 is 41.8 Å². The zero-order valence-electron chi connectivity index (χ0n) is 16.6. The van der Waals surface area contributed by atoms with Crippen LogP contribution in [0.3, 0.4) is 0 Å². The molecule has 1 aliphatic heterocycles. The molecule has 5 nitrogen and oxygen atoms in total. The lowest BCUT2D eigenvalue weighted by atomic mass is 9.81. The number of rotatable bonds is 4. The van der Waals surface area contributed by atoms with E-state index in [1.807, 2.05) is 0 Å². The molecule has 1 amide bonds. The van der Waals surface area contributed by atoms with Gasteiger partial charge in [0, 0.05) is 18.2 Å². The van der Waals surface area contributed by atoms with Crippen LogP contribution in [0.1, 0.15) is 55.8 Å². The number of benzene rings is 1. The minimum atomic E-state index is -4.55. The van der Waals surface area contributed by atoms with Crippen LogP contribution < -0.4 is 10.6 Å². The van der Waals surface area contributed by atoms with Crippen LogP contribution in [0.4, 0.5) is 13.2 Å². The van der Waals surface area contributed by atoms with E-state index in [-0.39, 0.29) is 41.7 Å². The van der Waals surface area contributed by atoms with Gasteiger partial charge in [0.25, 0.3) is 5.91 Å². The number of hydrogen-bond acceptors (Lipinski definition) is 3. The first-order valence-electron chi connectivity index (χ1n) is 9.19. The van der Waals surface area contributed by atoms with Crippen molar-refractivity contribution in [3.63, 3.8) is 0 Å². The lowest BCUT2D eigenvalue weighted by molar-refractivity contribution is -0.147. The molecule has 1 aliphatic rings. The van der Waals surface area contributed by atoms with Crippen LogP contribution >= 0.6 is 24.8 Å². The first kappa shape index (κ1) is 25.5. The maximum absolute atomic E-state index is 13.3. The summed E-state index contributed by atoms with van der Waals surface area (Å²) in [6, 6.07) is 4.14. The number of halogens is 5. The number of piperidine rings is 1. The maximum atomic E-state index is 13.3. The molecule has 29 heavy (non-hydrogen) atoms. The second kappa shape index (κ2) is 9.53. The standard InChI is InChI=1S/C19H25F3N4O.2ClH/c1-12(2)26-15-5-4-13(10-14(15)25-17(26)19(20,21)22)16(27)24-11-18(3)6-8-23-9-7-18;;/h4-5,10,12,23H,6-9,11H2,1-3H3,(H,24,27);2*1H. The summed E-state index contributed by atoms with van der Waals surface area (Å²) >= 11 is 0. The number of nitrogens with one attached hydrogen (secondary N) is 2. The number of nitrogens with zero attached hydrogens (tertiary/aromatic N) is 2. The molecule has 3 rings (SSSR count). The number of amides is 1. The predicted molar refractivity (Wildman–Crippen MR) is 112 cm³/mol. The Morgan fingerprint density at radius 1 is 1.28 bits per heavy atom. The third-order valence-electron chi connectivity index (χ3n) is 5.21. The Morgan fingerprint density at radius 2 is 1.90 bits per heavy atom. The highest BCUT2D eigenvalue weighted by molar-refractivity contribution is 5.97. The molecular weight excluding hydrogens is 428 g/mol. The maximum Gasteiger partial charge on any atom is 0.449 e. The van der Waals surface area contributed by atoms with Crippen molar-refractivity contribution in [1.82, 2.24) is 20.2 Å². The van der Waals surface area contributed by atoms with E-state index < -0.39 is 18.0 Å². The van der Waals surface area contributed by atoms with E-state index in [4.69, 9.17) is 0 Å². The number of fused-ring (bicyclic) bond motifs is 1. The molecule has 0 radical (unpaired) electrons. The van der Waals surface area contributed by atoms with Crippen molar-refractivity contribution in [1.29, 1.82) is 0 Å². The molecule has 1 aromatic carbocycles. The van der Waals surface area contributed by atoms with Crippen molar-refractivity contribution < 1.29 is 18.0 Å². The van der Waals surface area contributed by atoms with E-state index in [9.17, 15) is 18.0 Å². The molecule has 2 N–H and O–H groups in total. The summed E-state index contributed by atoms with van der Waals surface area (Å²) in [5.74, 6) is -1.23. The molecule has 1 fully saturated rings. The summed E-state index contributed by atoms with van der Waals surface area (Å²) in [5.41, 5.74) is 0.909. The third kappa shape index (κ3) is 5.55. The molecule has 0 bridgehead atoms. The van der Waals surface area contributed by atoms with Crippen LogP contribution in [0.15, 0.2) is 18.2 Å². The summed E-state index contributed by atoms with van der Waals surface area (Å²) in [6.07, 6.45) is -2.60. The molecule has 1 aromatic heterocycles. The van der Waals surface area contributed by atoms with E-state index in [2.05, 4.69) is 22.5 Å². The van der Waals surface area contributed by atoms with Gasteiger partial charge in [0.1, 0.15) is 0 Å². The van der Waals surface area contributed by atoms with E-state index in [1.165, 1.54) is 6.07 Å². The van der Waals surface area contributed by atoms with Gasteiger partial charge in [-0.25, -0.2) is 4.98 Å². The van der Waals surface area contributed by atoms with Crippen molar-refractivity contribution in [3.8, 4) is 0 Å². The fourth-order valence-electron chi connectivity index (χ4n) is 3.57. The highest BCUT2D eigenvalue weighted by Crippen LogP contribution is 2.34. The summed E-state index contributed by atoms with van der Waals surface area (Å²) in [5, 5.41) is 6.22. The molecule has 10 heteroatoms. The number of carbonyl (C=O) groups excluding carboxylic acids is 1. The van der Waals surface area contributed by atoms with Gasteiger partial charge < -0.3 is 15.2 Å². The summed E-state index contributed by atoms with van der Waals surface area (Å²) < 4.78 is 41.1. The first-order valence-corrected chi connectivity index (χ1v) is 9.19. The molecular formula is C19H27Cl2F3N4O. The highest BCUT2D eigenvalue weighted by atomic mass is 35.5. The summed E-state index contributed by atoms with van der Waals surface area (Å²) in [7, 11) is 0. The van der Waals surface area contributed by atoms with Crippen molar-refractivity contribution in [2.24, 2.45) is 5.41 Å². The molecule has 1 saturated heterocycles. The molecule has 0 aliphatic carbocycles. The minimum Gasteiger partial charge on any atom is -0.351 e. The summed E-state index contributed by atoms with van der Waals surface area (Å²) in [6.45, 7) is 7.88. The quantitative estimate of drug-likeness (QED) is 0.709. The van der Waals surface area contributed by atoms with Gasteiger partial charge in [0.2, 0.25) is 5.82 Å². The van der Waals surface area contributed by atoms with E-state index in [1.54, 1.807) is 26.0 Å². The van der Waals surface area contributed by atoms with Gasteiger partial charge in [0.15, 0.2) is 0 Å². The number of hydrogen-bond donors (Lipinski definition) is 2. The smallest absolute Gasteiger partial charge is 0.351 e. The van der Waals surface area contributed by atoms with Crippen LogP contribution in [-0.4, -0.2) is 35.1 Å². The number of aromatic nitrogens is 2. The Labute approximate surface area is 180 Å². The SMILES string of the molecule is CC(C)n1c(C(F)(F)F)nc2cc(C(=O)NCC3(C)CCNCC3)ccc21.Cl.Cl. The fraction of sp³-hybridized carbons (Fsp3) is 0.579.